The second kappa shape index (κ2) is 38.0. The van der Waals surface area contributed by atoms with Crippen LogP contribution in [0.2, 0.25) is 0 Å². The number of pyridine rings is 1. The van der Waals surface area contributed by atoms with E-state index in [-0.39, 0.29) is 54.3 Å². The lowest BCUT2D eigenvalue weighted by Crippen LogP contribution is -2.37. The highest BCUT2D eigenvalue weighted by atomic mass is 16.5. The van der Waals surface area contributed by atoms with Gasteiger partial charge in [-0.15, -0.1) is 0 Å². The van der Waals surface area contributed by atoms with Crippen LogP contribution in [0.1, 0.15) is 175 Å². The first-order valence-corrected chi connectivity index (χ1v) is 48.6. The molecule has 4 aromatic carbocycles. The molecular weight excluding hydrogens is 1730 g/mol. The SMILES string of the molecule is CC(=O)N1CCc2c(c(N3CCC(CO)c4cc(-c5cnn(C)c5)ccc43)nn2[C@H]2CCOC2)C1.CC(=O)N1CCc2c(c(N3CCCc4cc(-c5cn(C)c(C)n5)ccc43)nn2C2COC2)C1.CC(=O)N1CCc2c(c(N3CCCc4cc(-c5cn(C)nc5C#N)ccc43)nn2C2COC2)C1.COc1ccc(-c2ccc3c(c2)CCCN3c2nn([C@H]3CCOC3)c3c2CN(C(C)=O)CC3)cn1. The molecule has 4 fully saturated rings. The zero-order chi connectivity index (χ0) is 94.1. The Labute approximate surface area is 796 Å². The number of aliphatic hydroxyl groups excluding tert-OH is 1. The molecule has 0 spiro atoms. The molecule has 12 aromatic rings. The van der Waals surface area contributed by atoms with Crippen molar-refractivity contribution in [2.45, 2.75) is 174 Å². The highest BCUT2D eigenvalue weighted by Gasteiger charge is 2.42. The van der Waals surface area contributed by atoms with E-state index in [4.69, 9.17) is 49.1 Å². The number of benzene rings is 4. The van der Waals surface area contributed by atoms with Crippen molar-refractivity contribution in [3.05, 3.63) is 195 Å². The second-order valence-electron chi connectivity index (χ2n) is 38.3. The van der Waals surface area contributed by atoms with E-state index in [1.807, 2.05) is 84.6 Å². The standard InChI is InChI=1S/C27H31N5O3.C26H32N6O3.C25H27N7O2.C25H30N6O2/c1-18(33)30-12-9-25-23(16-30)27(29-32(25)22-10-13-35-17-22)31-11-3-4-20-14-19(5-7-24(20)31)21-6-8-26(34-2)28-15-21;1-17(34)30-8-6-25-23(14-30)26(28-32(25)21-7-10-35-16-21)31-9-5-19(15-33)22-11-18(3-4-24(22)31)20-12-27-29(2)13-20;1-16(33)30-9-7-24-21(13-30)25(28-32(24)19-14-34-15-19)31-8-3-4-18-10-17(5-6-23(18)31)20-12-29(2)27-22(20)11-26;1-16-26-22(13-28(16)3)18-6-7-23-19(11-18)5-4-9-30(23)25-21-12-29(17(2)32)10-8-24(21)31(27-25)20-14-33-15-20/h5-8,14-15,22H,3-4,9-13,16-17H2,1-2H3;3-4,11-13,19,21,33H,5-10,14-16H2,1-2H3;5-6,10,12,19H,3-4,7-9,13-15H2,1-2H3;6-7,11,13,20H,4-5,8-10,12,14-15H2,1-3H3/t22-;19?,21-;;/m00../s1. The Balaban J connectivity index is 0.000000109. The third kappa shape index (κ3) is 17.4. The predicted molar refractivity (Wildman–Crippen MR) is 516 cm³/mol. The van der Waals surface area contributed by atoms with Crippen LogP contribution in [0.5, 0.6) is 5.88 Å². The number of hydrogen-bond acceptors (Lipinski definition) is 23. The number of fused-ring (bicyclic) bond motifs is 8. The maximum atomic E-state index is 12.2. The van der Waals surface area contributed by atoms with Crippen LogP contribution < -0.4 is 24.3 Å². The van der Waals surface area contributed by atoms with Gasteiger partial charge in [0, 0.05) is 267 Å². The Morgan fingerprint density at radius 1 is 0.445 bits per heavy atom. The summed E-state index contributed by atoms with van der Waals surface area (Å²) in [7, 11) is 7.41. The topological polar surface area (TPSA) is 322 Å². The molecule has 34 nitrogen and oxygen atoms in total. The van der Waals surface area contributed by atoms with Gasteiger partial charge in [-0.3, -0.25) is 47.3 Å². The molecule has 0 bridgehead atoms. The van der Waals surface area contributed by atoms with E-state index >= 15 is 0 Å². The number of nitriles is 1. The minimum Gasteiger partial charge on any atom is -0.481 e. The number of aryl methyl sites for hydroxylation is 7. The van der Waals surface area contributed by atoms with Gasteiger partial charge < -0.3 is 72.6 Å². The maximum Gasteiger partial charge on any atom is 0.219 e. The molecule has 137 heavy (non-hydrogen) atoms. The number of aliphatic hydroxyl groups is 1. The number of anilines is 8. The van der Waals surface area contributed by atoms with E-state index in [2.05, 4.69) is 143 Å². The highest BCUT2D eigenvalue weighted by molar-refractivity contribution is 5.82. The van der Waals surface area contributed by atoms with Crippen molar-refractivity contribution in [1.29, 1.82) is 5.26 Å². The summed E-state index contributed by atoms with van der Waals surface area (Å²) in [6.07, 6.45) is 22.0. The normalized spacial score (nSPS) is 19.3. The van der Waals surface area contributed by atoms with Crippen molar-refractivity contribution >= 4 is 69.6 Å². The van der Waals surface area contributed by atoms with E-state index in [0.29, 0.717) is 83.4 Å². The van der Waals surface area contributed by atoms with Gasteiger partial charge in [0.15, 0.2) is 29.0 Å². The predicted octanol–water partition coefficient (Wildman–Crippen LogP) is 12.5. The maximum absolute atomic E-state index is 12.2. The monoisotopic (exact) mass is 1850 g/mol. The first kappa shape index (κ1) is 90.2. The summed E-state index contributed by atoms with van der Waals surface area (Å²) in [5.41, 5.74) is 28.2. The molecule has 1 N–H and O–H groups in total. The number of imidazole rings is 1. The number of rotatable bonds is 14. The number of carbonyl (C=O) groups is 4. The smallest absolute Gasteiger partial charge is 0.219 e. The van der Waals surface area contributed by atoms with E-state index in [9.17, 15) is 29.5 Å². The Bertz CT molecular complexity index is 6620. The van der Waals surface area contributed by atoms with Crippen molar-refractivity contribution in [2.75, 3.05) is 139 Å². The fourth-order valence-corrected chi connectivity index (χ4v) is 22.0. The minimum atomic E-state index is 0.0766. The minimum absolute atomic E-state index is 0.0766. The molecular formula is C103H120N24O10. The Kier molecular flexibility index (Phi) is 25.0. The van der Waals surface area contributed by atoms with Crippen LogP contribution in [0.25, 0.3) is 44.6 Å². The molecule has 12 aliphatic heterocycles. The van der Waals surface area contributed by atoms with Crippen molar-refractivity contribution in [1.82, 2.24) is 92.8 Å². The molecule has 0 aliphatic carbocycles. The first-order chi connectivity index (χ1) is 66.7. The van der Waals surface area contributed by atoms with Gasteiger partial charge in [-0.2, -0.15) is 35.9 Å². The molecule has 1 unspecified atom stereocenters. The van der Waals surface area contributed by atoms with Gasteiger partial charge in [0.25, 0.3) is 0 Å². The molecule has 24 rings (SSSR count). The number of methoxy groups -OCH3 is 1. The van der Waals surface area contributed by atoms with Crippen molar-refractivity contribution < 1.29 is 48.0 Å². The third-order valence-corrected chi connectivity index (χ3v) is 29.7. The third-order valence-electron chi connectivity index (χ3n) is 29.7. The van der Waals surface area contributed by atoms with Gasteiger partial charge in [0.1, 0.15) is 11.9 Å². The number of aromatic nitrogens is 15. The molecule has 4 saturated heterocycles. The molecule has 4 amide bonds. The van der Waals surface area contributed by atoms with Crippen molar-refractivity contribution in [2.24, 2.45) is 21.1 Å². The van der Waals surface area contributed by atoms with Crippen LogP contribution in [0, 0.1) is 18.3 Å². The molecule has 20 heterocycles. The van der Waals surface area contributed by atoms with Gasteiger partial charge in [-0.1, -0.05) is 24.3 Å². The van der Waals surface area contributed by atoms with Gasteiger partial charge in [0.2, 0.25) is 29.5 Å². The Morgan fingerprint density at radius 3 is 1.26 bits per heavy atom. The molecule has 12 aliphatic rings. The van der Waals surface area contributed by atoms with Crippen molar-refractivity contribution in [3.63, 3.8) is 0 Å². The summed E-state index contributed by atoms with van der Waals surface area (Å²) in [5, 5.41) is 48.9. The average Bonchev–Trinajstić information content (AvgIpc) is 1.62. The van der Waals surface area contributed by atoms with E-state index in [0.717, 1.165) is 251 Å². The summed E-state index contributed by atoms with van der Waals surface area (Å²) in [6.45, 7) is 23.4. The Morgan fingerprint density at radius 2 is 0.869 bits per heavy atom. The average molecular weight is 1850 g/mol. The largest absolute Gasteiger partial charge is 0.481 e. The van der Waals surface area contributed by atoms with Crippen LogP contribution in [0.4, 0.5) is 46.0 Å². The van der Waals surface area contributed by atoms with Gasteiger partial charge >= 0.3 is 0 Å². The summed E-state index contributed by atoms with van der Waals surface area (Å²) >= 11 is 0. The van der Waals surface area contributed by atoms with E-state index in [1.54, 1.807) is 44.2 Å². The van der Waals surface area contributed by atoms with E-state index < -0.39 is 0 Å². The number of nitrogens with zero attached hydrogens (tertiary/aromatic N) is 24. The lowest BCUT2D eigenvalue weighted by Gasteiger charge is -2.35. The summed E-state index contributed by atoms with van der Waals surface area (Å²) in [4.78, 5) is 74.9. The van der Waals surface area contributed by atoms with Crippen LogP contribution in [0.15, 0.2) is 116 Å². The molecule has 34 heteroatoms. The van der Waals surface area contributed by atoms with Gasteiger partial charge in [-0.25, -0.2) is 9.97 Å². The number of carbonyl (C=O) groups excluding carboxylic acids is 4. The number of hydrogen-bond donors (Lipinski definition) is 1. The lowest BCUT2D eigenvalue weighted by atomic mass is 9.88. The van der Waals surface area contributed by atoms with Gasteiger partial charge in [-0.05, 0) is 158 Å². The summed E-state index contributed by atoms with van der Waals surface area (Å²) < 4.78 is 41.8. The van der Waals surface area contributed by atoms with Crippen LogP contribution >= 0.6 is 0 Å². The zero-order valence-electron chi connectivity index (χ0n) is 79.8. The highest BCUT2D eigenvalue weighted by Crippen LogP contribution is 2.49. The molecule has 8 aromatic heterocycles. The fourth-order valence-electron chi connectivity index (χ4n) is 22.0. The van der Waals surface area contributed by atoms with Crippen LogP contribution in [-0.4, -0.2) is 240 Å². The first-order valence-electron chi connectivity index (χ1n) is 48.6. The van der Waals surface area contributed by atoms with Gasteiger partial charge in [0.05, 0.1) is 116 Å². The van der Waals surface area contributed by atoms with Crippen molar-refractivity contribution in [3.8, 4) is 56.6 Å². The molecule has 0 radical (unpaired) electrons. The fraction of sp³-hybridized carbons (Fsp3) is 0.466. The zero-order valence-corrected chi connectivity index (χ0v) is 79.8. The van der Waals surface area contributed by atoms with Crippen LogP contribution in [-0.2, 0) is 130 Å². The number of ether oxygens (including phenoxy) is 5. The van der Waals surface area contributed by atoms with E-state index in [1.165, 1.54) is 62.0 Å². The Hall–Kier alpha value is -13.3. The summed E-state index contributed by atoms with van der Waals surface area (Å²) in [5.74, 6) is 6.04. The quantitative estimate of drug-likeness (QED) is 0.106. The van der Waals surface area contributed by atoms with Crippen LogP contribution in [0.3, 0.4) is 0 Å². The lowest BCUT2D eigenvalue weighted by molar-refractivity contribution is -0.130. The number of amides is 4. The molecule has 0 saturated carbocycles. The molecule has 3 atom stereocenters. The second-order valence-corrected chi connectivity index (χ2v) is 38.3. The molecule has 712 valence electrons. The summed E-state index contributed by atoms with van der Waals surface area (Å²) in [6, 6.07) is 33.4.